The normalized spacial score (nSPS) is 18.1. The van der Waals surface area contributed by atoms with Crippen LogP contribution in [0.25, 0.3) is 16.8 Å². The Morgan fingerprint density at radius 1 is 1.20 bits per heavy atom. The maximum Gasteiger partial charge on any atom is 0.356 e. The SMILES string of the molecule is COC(=O)c1cc(Cl)c2ccc(-c3ccc(N4CCN(C(=O)C5CC5)CC4C)c(C=O)c3F)nn12. The zero-order chi connectivity index (χ0) is 24.9. The van der Waals surface area contributed by atoms with Crippen molar-refractivity contribution in [3.63, 3.8) is 0 Å². The summed E-state index contributed by atoms with van der Waals surface area (Å²) in [5, 5.41) is 4.71. The first-order valence-corrected chi connectivity index (χ1v) is 11.8. The summed E-state index contributed by atoms with van der Waals surface area (Å²) in [5.74, 6) is -0.998. The Morgan fingerprint density at radius 3 is 2.63 bits per heavy atom. The van der Waals surface area contributed by atoms with E-state index in [0.29, 0.717) is 42.1 Å². The predicted molar refractivity (Wildman–Crippen MR) is 128 cm³/mol. The van der Waals surface area contributed by atoms with Crippen LogP contribution in [0.5, 0.6) is 0 Å². The van der Waals surface area contributed by atoms with Gasteiger partial charge < -0.3 is 14.5 Å². The smallest absolute Gasteiger partial charge is 0.356 e. The van der Waals surface area contributed by atoms with Crippen molar-refractivity contribution in [1.82, 2.24) is 14.5 Å². The van der Waals surface area contributed by atoms with Crippen LogP contribution in [0.1, 0.15) is 40.6 Å². The molecule has 0 spiro atoms. The number of piperazine rings is 1. The number of hydrogen-bond acceptors (Lipinski definition) is 6. The third kappa shape index (κ3) is 4.03. The zero-order valence-corrected chi connectivity index (χ0v) is 20.1. The summed E-state index contributed by atoms with van der Waals surface area (Å²) in [7, 11) is 1.25. The van der Waals surface area contributed by atoms with Gasteiger partial charge in [0.2, 0.25) is 5.91 Å². The Kier molecular flexibility index (Phi) is 5.96. The summed E-state index contributed by atoms with van der Waals surface area (Å²) in [6.45, 7) is 3.53. The number of rotatable bonds is 5. The summed E-state index contributed by atoms with van der Waals surface area (Å²) in [5.41, 5.74) is 1.33. The second-order valence-corrected chi connectivity index (χ2v) is 9.37. The van der Waals surface area contributed by atoms with Crippen LogP contribution in [0, 0.1) is 11.7 Å². The van der Waals surface area contributed by atoms with Crippen molar-refractivity contribution >= 4 is 41.0 Å². The Balaban J connectivity index is 1.49. The van der Waals surface area contributed by atoms with Crippen molar-refractivity contribution in [1.29, 1.82) is 0 Å². The highest BCUT2D eigenvalue weighted by Crippen LogP contribution is 2.35. The largest absolute Gasteiger partial charge is 0.464 e. The van der Waals surface area contributed by atoms with Gasteiger partial charge >= 0.3 is 5.97 Å². The van der Waals surface area contributed by atoms with Crippen LogP contribution in [0.15, 0.2) is 30.3 Å². The van der Waals surface area contributed by atoms with Gasteiger partial charge in [0.15, 0.2) is 12.0 Å². The average Bonchev–Trinajstić information content (AvgIpc) is 3.66. The second kappa shape index (κ2) is 8.96. The molecule has 1 saturated carbocycles. The Bertz CT molecular complexity index is 1350. The van der Waals surface area contributed by atoms with E-state index in [4.69, 9.17) is 16.3 Å². The molecular weight excluding hydrogens is 475 g/mol. The quantitative estimate of drug-likeness (QED) is 0.392. The number of carbonyl (C=O) groups is 3. The van der Waals surface area contributed by atoms with E-state index >= 15 is 4.39 Å². The average molecular weight is 499 g/mol. The van der Waals surface area contributed by atoms with Gasteiger partial charge in [-0.25, -0.2) is 13.7 Å². The fraction of sp³-hybridized carbons (Fsp3) is 0.360. The van der Waals surface area contributed by atoms with Gasteiger partial charge in [-0.15, -0.1) is 0 Å². The van der Waals surface area contributed by atoms with E-state index in [1.165, 1.54) is 17.7 Å². The van der Waals surface area contributed by atoms with Gasteiger partial charge in [0.1, 0.15) is 5.82 Å². The Morgan fingerprint density at radius 2 is 1.97 bits per heavy atom. The summed E-state index contributed by atoms with van der Waals surface area (Å²) >= 11 is 6.21. The number of esters is 1. The molecule has 0 radical (unpaired) electrons. The summed E-state index contributed by atoms with van der Waals surface area (Å²) in [6, 6.07) is 7.85. The minimum absolute atomic E-state index is 0.0723. The molecule has 1 atom stereocenters. The summed E-state index contributed by atoms with van der Waals surface area (Å²) in [4.78, 5) is 40.4. The molecule has 0 N–H and O–H groups in total. The van der Waals surface area contributed by atoms with Gasteiger partial charge in [0.25, 0.3) is 0 Å². The Hall–Kier alpha value is -3.46. The van der Waals surface area contributed by atoms with Gasteiger partial charge in [-0.1, -0.05) is 11.6 Å². The van der Waals surface area contributed by atoms with E-state index in [1.807, 2.05) is 16.7 Å². The van der Waals surface area contributed by atoms with Crippen LogP contribution in [0.2, 0.25) is 5.02 Å². The van der Waals surface area contributed by atoms with Crippen LogP contribution in [-0.4, -0.2) is 65.5 Å². The topological polar surface area (TPSA) is 84.2 Å². The maximum absolute atomic E-state index is 15.7. The number of benzene rings is 1. The molecule has 5 rings (SSSR count). The number of carbonyl (C=O) groups excluding carboxylic acids is 3. The fourth-order valence-electron chi connectivity index (χ4n) is 4.68. The number of fused-ring (bicyclic) bond motifs is 1. The molecule has 2 fully saturated rings. The molecule has 2 aromatic heterocycles. The molecule has 10 heteroatoms. The molecule has 8 nitrogen and oxygen atoms in total. The fourth-order valence-corrected chi connectivity index (χ4v) is 4.93. The molecule has 1 aliphatic heterocycles. The van der Waals surface area contributed by atoms with Crippen molar-refractivity contribution in [2.75, 3.05) is 31.6 Å². The van der Waals surface area contributed by atoms with E-state index in [9.17, 15) is 14.4 Å². The first-order chi connectivity index (χ1) is 16.8. The first-order valence-electron chi connectivity index (χ1n) is 11.4. The van der Waals surface area contributed by atoms with E-state index in [-0.39, 0.29) is 40.4 Å². The van der Waals surface area contributed by atoms with Crippen molar-refractivity contribution in [3.8, 4) is 11.3 Å². The molecule has 2 aliphatic rings. The van der Waals surface area contributed by atoms with Crippen molar-refractivity contribution in [3.05, 3.63) is 52.4 Å². The Labute approximate surface area is 206 Å². The number of methoxy groups -OCH3 is 1. The van der Waals surface area contributed by atoms with Crippen LogP contribution in [0.3, 0.4) is 0 Å². The maximum atomic E-state index is 15.7. The molecule has 1 aromatic carbocycles. The number of halogens is 2. The molecule has 3 aromatic rings. The molecule has 1 amide bonds. The monoisotopic (exact) mass is 498 g/mol. The molecule has 1 saturated heterocycles. The number of hydrogen-bond donors (Lipinski definition) is 0. The van der Waals surface area contributed by atoms with Crippen LogP contribution in [-0.2, 0) is 9.53 Å². The van der Waals surface area contributed by atoms with Crippen molar-refractivity contribution in [2.24, 2.45) is 5.92 Å². The standard InChI is InChI=1S/C25H24ClFN4O4/c1-14-12-29(24(33)15-3-4-15)9-10-30(14)20-7-5-16(23(27)17(20)13-32)19-6-8-21-18(26)11-22(25(34)35-2)31(21)28-19/h5-8,11,13-15H,3-4,9-10,12H2,1-2H3. The van der Waals surface area contributed by atoms with E-state index < -0.39 is 11.8 Å². The molecule has 3 heterocycles. The lowest BCUT2D eigenvalue weighted by molar-refractivity contribution is -0.133. The number of aromatic nitrogens is 2. The molecule has 0 bridgehead atoms. The van der Waals surface area contributed by atoms with Gasteiger partial charge in [-0.05, 0) is 50.1 Å². The van der Waals surface area contributed by atoms with Gasteiger partial charge in [0.05, 0.1) is 34.6 Å². The molecule has 1 unspecified atom stereocenters. The summed E-state index contributed by atoms with van der Waals surface area (Å²) < 4.78 is 21.7. The number of ether oxygens (including phenoxy) is 1. The number of nitrogens with zero attached hydrogens (tertiary/aromatic N) is 4. The van der Waals surface area contributed by atoms with Gasteiger partial charge in [-0.3, -0.25) is 9.59 Å². The lowest BCUT2D eigenvalue weighted by Gasteiger charge is -2.42. The van der Waals surface area contributed by atoms with Gasteiger partial charge in [-0.2, -0.15) is 5.10 Å². The highest BCUT2D eigenvalue weighted by Gasteiger charge is 2.37. The third-order valence-corrected chi connectivity index (χ3v) is 6.99. The highest BCUT2D eigenvalue weighted by molar-refractivity contribution is 6.34. The summed E-state index contributed by atoms with van der Waals surface area (Å²) in [6.07, 6.45) is 2.41. The molecule has 1 aliphatic carbocycles. The lowest BCUT2D eigenvalue weighted by Crippen LogP contribution is -2.54. The number of amides is 1. The number of aldehydes is 1. The first kappa shape index (κ1) is 23.3. The predicted octanol–water partition coefficient (Wildman–Crippen LogP) is 3.84. The van der Waals surface area contributed by atoms with Crippen molar-refractivity contribution in [2.45, 2.75) is 25.8 Å². The van der Waals surface area contributed by atoms with E-state index in [2.05, 4.69) is 5.10 Å². The highest BCUT2D eigenvalue weighted by atomic mass is 35.5. The van der Waals surface area contributed by atoms with Crippen LogP contribution < -0.4 is 4.90 Å². The molecule has 35 heavy (non-hydrogen) atoms. The van der Waals surface area contributed by atoms with Crippen molar-refractivity contribution < 1.29 is 23.5 Å². The molecular formula is C25H24ClFN4O4. The molecule has 182 valence electrons. The minimum Gasteiger partial charge on any atom is -0.464 e. The third-order valence-electron chi connectivity index (χ3n) is 6.69. The van der Waals surface area contributed by atoms with E-state index in [0.717, 1.165) is 12.8 Å². The second-order valence-electron chi connectivity index (χ2n) is 8.96. The van der Waals surface area contributed by atoms with Gasteiger partial charge in [0, 0.05) is 37.2 Å². The lowest BCUT2D eigenvalue weighted by atomic mass is 10.0. The van der Waals surface area contributed by atoms with E-state index in [1.54, 1.807) is 24.3 Å². The zero-order valence-electron chi connectivity index (χ0n) is 19.3. The van der Waals surface area contributed by atoms with Crippen LogP contribution >= 0.6 is 11.6 Å². The van der Waals surface area contributed by atoms with Crippen LogP contribution in [0.4, 0.5) is 10.1 Å². The number of anilines is 1. The minimum atomic E-state index is -0.703.